The molecule has 4 rings (SSSR count). The van der Waals surface area contributed by atoms with Gasteiger partial charge in [0, 0.05) is 11.8 Å². The third kappa shape index (κ3) is 7.28. The van der Waals surface area contributed by atoms with Crippen molar-refractivity contribution < 1.29 is 9.90 Å². The van der Waals surface area contributed by atoms with Crippen LogP contribution in [0.2, 0.25) is 0 Å². The fourth-order valence-electron chi connectivity index (χ4n) is 4.24. The largest absolute Gasteiger partial charge is 0.508 e. The first kappa shape index (κ1) is 24.7. The van der Waals surface area contributed by atoms with Gasteiger partial charge in [-0.3, -0.25) is 4.79 Å². The summed E-state index contributed by atoms with van der Waals surface area (Å²) in [6.45, 7) is 0. The second-order valence-corrected chi connectivity index (χ2v) is 8.71. The summed E-state index contributed by atoms with van der Waals surface area (Å²) >= 11 is 0. The van der Waals surface area contributed by atoms with Gasteiger partial charge in [0.25, 0.3) is 0 Å². The minimum Gasteiger partial charge on any atom is -0.508 e. The summed E-state index contributed by atoms with van der Waals surface area (Å²) in [5, 5.41) is 10.9. The maximum Gasteiger partial charge on any atom is 0.160 e. The van der Waals surface area contributed by atoms with Gasteiger partial charge in [0.05, 0.1) is 0 Å². The number of carbonyl (C=O) groups excluding carboxylic acids is 1. The molecule has 0 aliphatic carbocycles. The molecule has 36 heavy (non-hydrogen) atoms. The number of ketones is 1. The van der Waals surface area contributed by atoms with Gasteiger partial charge in [-0.15, -0.1) is 0 Å². The molecule has 0 bridgehead atoms. The van der Waals surface area contributed by atoms with Crippen LogP contribution in [-0.2, 0) is 11.2 Å². The van der Waals surface area contributed by atoms with Gasteiger partial charge in [-0.1, -0.05) is 133 Å². The smallest absolute Gasteiger partial charge is 0.160 e. The number of hydrogen-bond donors (Lipinski definition) is 1. The molecule has 0 aliphatic heterocycles. The fourth-order valence-corrected chi connectivity index (χ4v) is 4.24. The maximum atomic E-state index is 13.7. The van der Waals surface area contributed by atoms with Gasteiger partial charge < -0.3 is 5.11 Å². The van der Waals surface area contributed by atoms with E-state index in [2.05, 4.69) is 0 Å². The van der Waals surface area contributed by atoms with E-state index >= 15 is 0 Å². The lowest BCUT2D eigenvalue weighted by Crippen LogP contribution is -2.23. The molecule has 178 valence electrons. The first-order valence-electron chi connectivity index (χ1n) is 12.2. The quantitative estimate of drug-likeness (QED) is 0.145. The predicted molar refractivity (Wildman–Crippen MR) is 149 cm³/mol. The van der Waals surface area contributed by atoms with Gasteiger partial charge in [0.1, 0.15) is 5.76 Å². The maximum absolute atomic E-state index is 13.7. The van der Waals surface area contributed by atoms with Gasteiger partial charge in [-0.25, -0.2) is 0 Å². The third-order valence-corrected chi connectivity index (χ3v) is 6.12. The van der Waals surface area contributed by atoms with Crippen LogP contribution in [0, 0.1) is 5.92 Å². The second kappa shape index (κ2) is 12.9. The molecular formula is C34H30O2. The van der Waals surface area contributed by atoms with Crippen LogP contribution >= 0.6 is 0 Å². The Morgan fingerprint density at radius 3 is 1.67 bits per heavy atom. The van der Waals surface area contributed by atoms with Crippen molar-refractivity contribution in [3.8, 4) is 0 Å². The molecule has 0 fully saturated rings. The van der Waals surface area contributed by atoms with Crippen LogP contribution in [0.5, 0.6) is 0 Å². The Kier molecular flexibility index (Phi) is 8.83. The van der Waals surface area contributed by atoms with Crippen LogP contribution in [0.15, 0.2) is 145 Å². The van der Waals surface area contributed by atoms with Crippen molar-refractivity contribution in [3.05, 3.63) is 168 Å². The van der Waals surface area contributed by atoms with E-state index in [-0.39, 0.29) is 23.4 Å². The molecule has 1 N–H and O–H groups in total. The Bertz CT molecular complexity index is 1310. The zero-order valence-corrected chi connectivity index (χ0v) is 20.2. The number of aliphatic hydroxyl groups is 1. The van der Waals surface area contributed by atoms with E-state index in [1.54, 1.807) is 18.2 Å². The molecule has 0 heterocycles. The molecule has 0 saturated carbocycles. The Labute approximate surface area is 213 Å². The number of aliphatic hydroxyl groups excluding tert-OH is 1. The van der Waals surface area contributed by atoms with Crippen LogP contribution in [0.4, 0.5) is 0 Å². The van der Waals surface area contributed by atoms with Crippen molar-refractivity contribution >= 4 is 17.9 Å². The Balaban J connectivity index is 1.70. The number of rotatable bonds is 10. The first-order valence-corrected chi connectivity index (χ1v) is 12.2. The minimum atomic E-state index is -0.387. The molecule has 0 saturated heterocycles. The second-order valence-electron chi connectivity index (χ2n) is 8.71. The summed E-state index contributed by atoms with van der Waals surface area (Å²) < 4.78 is 0. The van der Waals surface area contributed by atoms with Gasteiger partial charge in [-0.05, 0) is 46.9 Å². The van der Waals surface area contributed by atoms with Crippen LogP contribution in [0.3, 0.4) is 0 Å². The fraction of sp³-hybridized carbons (Fsp3) is 0.0882. The molecule has 2 nitrogen and oxygen atoms in total. The lowest BCUT2D eigenvalue weighted by atomic mass is 9.79. The molecule has 4 aromatic carbocycles. The molecule has 2 heteroatoms. The minimum absolute atomic E-state index is 0.0210. The highest BCUT2D eigenvalue weighted by Crippen LogP contribution is 2.32. The van der Waals surface area contributed by atoms with Crippen molar-refractivity contribution in [2.75, 3.05) is 0 Å². The average molecular weight is 471 g/mol. The standard InChI is InChI=1S/C34H30O2/c35-31(23-21-27-13-5-1-6-14-27)26-32(30-19-11-4-12-20-30)33(25-29-17-9-3-10-18-29)34(36)24-22-28-15-7-2-8-16-28/h1-24,26,32-33,35H,25H2/b23-21+,24-22+,31-26-. The van der Waals surface area contributed by atoms with E-state index in [0.717, 1.165) is 22.3 Å². The van der Waals surface area contributed by atoms with E-state index < -0.39 is 0 Å². The van der Waals surface area contributed by atoms with Crippen LogP contribution in [0.25, 0.3) is 12.2 Å². The molecular weight excluding hydrogens is 440 g/mol. The topological polar surface area (TPSA) is 37.3 Å². The molecule has 2 unspecified atom stereocenters. The summed E-state index contributed by atoms with van der Waals surface area (Å²) in [5.41, 5.74) is 4.04. The number of hydrogen-bond acceptors (Lipinski definition) is 2. The molecule has 0 radical (unpaired) electrons. The monoisotopic (exact) mass is 470 g/mol. The molecule has 0 aromatic heterocycles. The molecule has 0 amide bonds. The van der Waals surface area contributed by atoms with Gasteiger partial charge in [0.15, 0.2) is 5.78 Å². The van der Waals surface area contributed by atoms with E-state index in [1.165, 1.54) is 0 Å². The Hall–Kier alpha value is -4.43. The molecule has 0 aliphatic rings. The molecule has 4 aromatic rings. The van der Waals surface area contributed by atoms with E-state index in [9.17, 15) is 9.90 Å². The number of benzene rings is 4. The van der Waals surface area contributed by atoms with Crippen molar-refractivity contribution in [3.63, 3.8) is 0 Å². The normalized spacial score (nSPS) is 13.6. The highest BCUT2D eigenvalue weighted by molar-refractivity contribution is 5.96. The SMILES string of the molecule is O=C(/C=C/c1ccccc1)C(Cc1ccccc1)C(/C=C(O)/C=C/c1ccccc1)c1ccccc1. The summed E-state index contributed by atoms with van der Waals surface area (Å²) in [5.74, 6) is -0.542. The Morgan fingerprint density at radius 2 is 1.11 bits per heavy atom. The third-order valence-electron chi connectivity index (χ3n) is 6.12. The van der Waals surface area contributed by atoms with Crippen molar-refractivity contribution in [2.24, 2.45) is 5.92 Å². The van der Waals surface area contributed by atoms with E-state index in [1.807, 2.05) is 133 Å². The van der Waals surface area contributed by atoms with Gasteiger partial charge in [0.2, 0.25) is 0 Å². The Morgan fingerprint density at radius 1 is 0.639 bits per heavy atom. The zero-order chi connectivity index (χ0) is 25.0. The summed E-state index contributed by atoms with van der Waals surface area (Å²) in [6, 6.07) is 39.6. The first-order chi connectivity index (χ1) is 17.7. The van der Waals surface area contributed by atoms with Crippen LogP contribution in [-0.4, -0.2) is 10.9 Å². The molecule has 2 atom stereocenters. The average Bonchev–Trinajstić information content (AvgIpc) is 2.94. The molecule has 0 spiro atoms. The van der Waals surface area contributed by atoms with Gasteiger partial charge in [-0.2, -0.15) is 0 Å². The van der Waals surface area contributed by atoms with Crippen molar-refractivity contribution in [1.29, 1.82) is 0 Å². The van der Waals surface area contributed by atoms with Gasteiger partial charge >= 0.3 is 0 Å². The number of carbonyl (C=O) groups is 1. The lowest BCUT2D eigenvalue weighted by molar-refractivity contribution is -0.118. The van der Waals surface area contributed by atoms with Crippen LogP contribution < -0.4 is 0 Å². The van der Waals surface area contributed by atoms with E-state index in [0.29, 0.717) is 6.42 Å². The zero-order valence-electron chi connectivity index (χ0n) is 20.2. The summed E-state index contributed by atoms with van der Waals surface area (Å²) in [6.07, 6.45) is 9.46. The van der Waals surface area contributed by atoms with Crippen molar-refractivity contribution in [2.45, 2.75) is 12.3 Å². The van der Waals surface area contributed by atoms with Crippen LogP contribution in [0.1, 0.15) is 28.2 Å². The van der Waals surface area contributed by atoms with Crippen molar-refractivity contribution in [1.82, 2.24) is 0 Å². The van der Waals surface area contributed by atoms with E-state index in [4.69, 9.17) is 0 Å². The summed E-state index contributed by atoms with van der Waals surface area (Å²) in [7, 11) is 0. The number of allylic oxidation sites excluding steroid dienone is 3. The predicted octanol–water partition coefficient (Wildman–Crippen LogP) is 8.07. The lowest BCUT2D eigenvalue weighted by Gasteiger charge is -2.24. The highest BCUT2D eigenvalue weighted by atomic mass is 16.3. The summed E-state index contributed by atoms with van der Waals surface area (Å²) in [4.78, 5) is 13.7. The highest BCUT2D eigenvalue weighted by Gasteiger charge is 2.27.